The highest BCUT2D eigenvalue weighted by Gasteiger charge is 2.12. The predicted octanol–water partition coefficient (Wildman–Crippen LogP) is 3.77. The standard InChI is InChI=1S/C15H15NO2S/c1-3-11-8-9-19-14(11)15(18)16-13-6-4-12(5-7-13)10(2)17/h4-9H,3H2,1-2H3,(H,16,18). The highest BCUT2D eigenvalue weighted by Crippen LogP contribution is 2.19. The van der Waals surface area contributed by atoms with Gasteiger partial charge in [0.25, 0.3) is 5.91 Å². The van der Waals surface area contributed by atoms with Gasteiger partial charge in [-0.3, -0.25) is 9.59 Å². The van der Waals surface area contributed by atoms with E-state index in [2.05, 4.69) is 5.32 Å². The quantitative estimate of drug-likeness (QED) is 0.862. The molecule has 19 heavy (non-hydrogen) atoms. The lowest BCUT2D eigenvalue weighted by Crippen LogP contribution is -2.12. The van der Waals surface area contributed by atoms with Crippen LogP contribution in [-0.4, -0.2) is 11.7 Å². The molecule has 1 aromatic carbocycles. The molecule has 1 N–H and O–H groups in total. The molecule has 0 saturated carbocycles. The fourth-order valence-electron chi connectivity index (χ4n) is 1.79. The summed E-state index contributed by atoms with van der Waals surface area (Å²) in [4.78, 5) is 24.0. The first-order chi connectivity index (χ1) is 9.11. The highest BCUT2D eigenvalue weighted by molar-refractivity contribution is 7.12. The van der Waals surface area contributed by atoms with Crippen LogP contribution in [-0.2, 0) is 6.42 Å². The monoisotopic (exact) mass is 273 g/mol. The Labute approximate surface area is 116 Å². The largest absolute Gasteiger partial charge is 0.321 e. The first kappa shape index (κ1) is 13.5. The van der Waals surface area contributed by atoms with E-state index in [0.29, 0.717) is 11.3 Å². The van der Waals surface area contributed by atoms with Crippen molar-refractivity contribution in [1.29, 1.82) is 0 Å². The maximum Gasteiger partial charge on any atom is 0.266 e. The summed E-state index contributed by atoms with van der Waals surface area (Å²) in [7, 11) is 0. The maximum atomic E-state index is 12.1. The number of Topliss-reactive ketones (excluding diaryl/α,β-unsaturated/α-hetero) is 1. The lowest BCUT2D eigenvalue weighted by Gasteiger charge is -2.05. The summed E-state index contributed by atoms with van der Waals surface area (Å²) in [6.07, 6.45) is 0.843. The third-order valence-electron chi connectivity index (χ3n) is 2.88. The zero-order valence-corrected chi connectivity index (χ0v) is 11.7. The molecule has 1 amide bonds. The second-order valence-electron chi connectivity index (χ2n) is 4.22. The Morgan fingerprint density at radius 2 is 1.84 bits per heavy atom. The molecule has 0 radical (unpaired) electrons. The zero-order valence-electron chi connectivity index (χ0n) is 10.9. The third-order valence-corrected chi connectivity index (χ3v) is 3.84. The normalized spacial score (nSPS) is 10.2. The Morgan fingerprint density at radius 1 is 1.16 bits per heavy atom. The Kier molecular flexibility index (Phi) is 4.12. The molecule has 2 rings (SSSR count). The summed E-state index contributed by atoms with van der Waals surface area (Å²) in [5, 5.41) is 4.77. The minimum absolute atomic E-state index is 0.0180. The van der Waals surface area contributed by atoms with Gasteiger partial charge in [-0.25, -0.2) is 0 Å². The Hall–Kier alpha value is -1.94. The van der Waals surface area contributed by atoms with E-state index in [-0.39, 0.29) is 11.7 Å². The van der Waals surface area contributed by atoms with E-state index in [1.54, 1.807) is 24.3 Å². The molecule has 1 aromatic heterocycles. The van der Waals surface area contributed by atoms with Gasteiger partial charge in [0.15, 0.2) is 5.78 Å². The molecule has 0 aliphatic heterocycles. The van der Waals surface area contributed by atoms with Gasteiger partial charge in [0.2, 0.25) is 0 Å². The van der Waals surface area contributed by atoms with Crippen LogP contribution >= 0.6 is 11.3 Å². The molecule has 0 saturated heterocycles. The van der Waals surface area contributed by atoms with Gasteiger partial charge in [0.1, 0.15) is 0 Å². The van der Waals surface area contributed by atoms with Gasteiger partial charge in [-0.05, 0) is 54.6 Å². The smallest absolute Gasteiger partial charge is 0.266 e. The summed E-state index contributed by atoms with van der Waals surface area (Å²) < 4.78 is 0. The summed E-state index contributed by atoms with van der Waals surface area (Å²) in [6.45, 7) is 3.55. The molecule has 0 spiro atoms. The van der Waals surface area contributed by atoms with Crippen LogP contribution in [0, 0.1) is 0 Å². The summed E-state index contributed by atoms with van der Waals surface area (Å²) in [5.41, 5.74) is 2.40. The number of carbonyl (C=O) groups is 2. The van der Waals surface area contributed by atoms with E-state index in [1.165, 1.54) is 18.3 Å². The molecular formula is C15H15NO2S. The number of hydrogen-bond acceptors (Lipinski definition) is 3. The maximum absolute atomic E-state index is 12.1. The molecule has 0 unspecified atom stereocenters. The van der Waals surface area contributed by atoms with E-state index in [9.17, 15) is 9.59 Å². The molecule has 0 atom stereocenters. The second kappa shape index (κ2) is 5.80. The van der Waals surface area contributed by atoms with E-state index < -0.39 is 0 Å². The minimum atomic E-state index is -0.0950. The zero-order chi connectivity index (χ0) is 13.8. The molecule has 3 nitrogen and oxygen atoms in total. The van der Waals surface area contributed by atoms with Crippen molar-refractivity contribution < 1.29 is 9.59 Å². The van der Waals surface area contributed by atoms with Crippen LogP contribution in [0.3, 0.4) is 0 Å². The fraction of sp³-hybridized carbons (Fsp3) is 0.200. The molecule has 4 heteroatoms. The van der Waals surface area contributed by atoms with Crippen LogP contribution in [0.4, 0.5) is 5.69 Å². The third kappa shape index (κ3) is 3.09. The van der Waals surface area contributed by atoms with E-state index in [4.69, 9.17) is 0 Å². The number of benzene rings is 1. The van der Waals surface area contributed by atoms with Gasteiger partial charge in [0, 0.05) is 11.3 Å². The van der Waals surface area contributed by atoms with Crippen LogP contribution in [0.1, 0.15) is 39.4 Å². The first-order valence-electron chi connectivity index (χ1n) is 6.10. The van der Waals surface area contributed by atoms with Crippen molar-refractivity contribution in [2.45, 2.75) is 20.3 Å². The van der Waals surface area contributed by atoms with E-state index >= 15 is 0 Å². The Balaban J connectivity index is 2.13. The first-order valence-corrected chi connectivity index (χ1v) is 6.98. The SMILES string of the molecule is CCc1ccsc1C(=O)Nc1ccc(C(C)=O)cc1. The van der Waals surface area contributed by atoms with Crippen molar-refractivity contribution in [3.8, 4) is 0 Å². The van der Waals surface area contributed by atoms with Gasteiger partial charge in [0.05, 0.1) is 4.88 Å². The van der Waals surface area contributed by atoms with Crippen LogP contribution in [0.2, 0.25) is 0 Å². The molecular weight excluding hydrogens is 258 g/mol. The van der Waals surface area contributed by atoms with E-state index in [1.807, 2.05) is 18.4 Å². The highest BCUT2D eigenvalue weighted by atomic mass is 32.1. The fourth-order valence-corrected chi connectivity index (χ4v) is 2.68. The van der Waals surface area contributed by atoms with Crippen molar-refractivity contribution in [3.05, 3.63) is 51.7 Å². The van der Waals surface area contributed by atoms with Gasteiger partial charge in [-0.15, -0.1) is 11.3 Å². The topological polar surface area (TPSA) is 46.2 Å². The number of hydrogen-bond donors (Lipinski definition) is 1. The number of carbonyl (C=O) groups excluding carboxylic acids is 2. The van der Waals surface area contributed by atoms with Crippen LogP contribution in [0.25, 0.3) is 0 Å². The van der Waals surface area contributed by atoms with Crippen molar-refractivity contribution >= 4 is 28.7 Å². The second-order valence-corrected chi connectivity index (χ2v) is 5.13. The van der Waals surface area contributed by atoms with Crippen molar-refractivity contribution in [1.82, 2.24) is 0 Å². The summed E-state index contributed by atoms with van der Waals surface area (Å²) >= 11 is 1.44. The minimum Gasteiger partial charge on any atom is -0.321 e. The van der Waals surface area contributed by atoms with Crippen molar-refractivity contribution in [3.63, 3.8) is 0 Å². The number of nitrogens with one attached hydrogen (secondary N) is 1. The van der Waals surface area contributed by atoms with Gasteiger partial charge < -0.3 is 5.32 Å². The Bertz CT molecular complexity index is 599. The summed E-state index contributed by atoms with van der Waals surface area (Å²) in [5.74, 6) is -0.0770. The molecule has 0 fully saturated rings. The van der Waals surface area contributed by atoms with Crippen LogP contribution in [0.5, 0.6) is 0 Å². The molecule has 0 aliphatic rings. The molecule has 1 heterocycles. The number of anilines is 1. The van der Waals surface area contributed by atoms with Crippen molar-refractivity contribution in [2.75, 3.05) is 5.32 Å². The van der Waals surface area contributed by atoms with Gasteiger partial charge in [-0.2, -0.15) is 0 Å². The lowest BCUT2D eigenvalue weighted by atomic mass is 10.1. The number of thiophene rings is 1. The van der Waals surface area contributed by atoms with Crippen LogP contribution in [0.15, 0.2) is 35.7 Å². The number of amides is 1. The van der Waals surface area contributed by atoms with Crippen molar-refractivity contribution in [2.24, 2.45) is 0 Å². The number of aryl methyl sites for hydroxylation is 1. The Morgan fingerprint density at radius 3 is 2.42 bits per heavy atom. The lowest BCUT2D eigenvalue weighted by molar-refractivity contribution is 0.101. The molecule has 2 aromatic rings. The predicted molar refractivity (Wildman–Crippen MR) is 78.1 cm³/mol. The molecule has 0 bridgehead atoms. The van der Waals surface area contributed by atoms with Gasteiger partial charge in [-0.1, -0.05) is 6.92 Å². The van der Waals surface area contributed by atoms with Crippen LogP contribution < -0.4 is 5.32 Å². The molecule has 98 valence electrons. The molecule has 0 aliphatic carbocycles. The van der Waals surface area contributed by atoms with E-state index in [0.717, 1.165) is 16.9 Å². The number of ketones is 1. The average molecular weight is 273 g/mol. The summed E-state index contributed by atoms with van der Waals surface area (Å²) in [6, 6.07) is 8.89. The number of rotatable bonds is 4. The average Bonchev–Trinajstić information content (AvgIpc) is 2.87. The van der Waals surface area contributed by atoms with Gasteiger partial charge >= 0.3 is 0 Å².